The monoisotopic (exact) mass is 170 g/mol. The fourth-order valence-electron chi connectivity index (χ4n) is 1.68. The summed E-state index contributed by atoms with van der Waals surface area (Å²) >= 11 is 0. The summed E-state index contributed by atoms with van der Waals surface area (Å²) in [6.07, 6.45) is 7.18. The van der Waals surface area contributed by atoms with E-state index >= 15 is 0 Å². The van der Waals surface area contributed by atoms with Gasteiger partial charge < -0.3 is 4.74 Å². The lowest BCUT2D eigenvalue weighted by atomic mass is 10.00. The maximum atomic E-state index is 5.37. The number of rotatable bonds is 1. The minimum atomic E-state index is 0.347. The van der Waals surface area contributed by atoms with Crippen molar-refractivity contribution in [1.29, 1.82) is 0 Å². The van der Waals surface area contributed by atoms with Gasteiger partial charge in [0.2, 0.25) is 0 Å². The number of allylic oxidation sites excluding steroid dienone is 2. The number of hydrogen-bond donors (Lipinski definition) is 0. The van der Waals surface area contributed by atoms with E-state index in [-0.39, 0.29) is 0 Å². The minimum Gasteiger partial charge on any atom is -0.361 e. The normalized spacial score (nSPS) is 29.4. The van der Waals surface area contributed by atoms with Crippen LogP contribution in [0.3, 0.4) is 0 Å². The second-order valence-corrected chi connectivity index (χ2v) is 3.41. The van der Waals surface area contributed by atoms with E-state index in [1.807, 2.05) is 6.07 Å². The largest absolute Gasteiger partial charge is 0.361 e. The van der Waals surface area contributed by atoms with Crippen molar-refractivity contribution in [3.63, 3.8) is 0 Å². The van der Waals surface area contributed by atoms with Crippen LogP contribution in [-0.2, 0) is 4.74 Å². The van der Waals surface area contributed by atoms with Crippen molar-refractivity contribution < 1.29 is 4.74 Å². The fraction of sp³-hybridized carbons (Fsp3) is 0.167. The van der Waals surface area contributed by atoms with E-state index in [2.05, 4.69) is 42.5 Å². The second kappa shape index (κ2) is 2.57. The maximum Gasteiger partial charge on any atom is 0.107 e. The molecule has 0 spiro atoms. The Morgan fingerprint density at radius 2 is 1.85 bits per heavy atom. The molecule has 3 rings (SSSR count). The summed E-state index contributed by atoms with van der Waals surface area (Å²) in [6, 6.07) is 10.4. The molecule has 64 valence electrons. The smallest absolute Gasteiger partial charge is 0.107 e. The zero-order valence-corrected chi connectivity index (χ0v) is 7.18. The van der Waals surface area contributed by atoms with Crippen LogP contribution in [0.25, 0.3) is 5.57 Å². The molecular formula is C12H10O. The standard InChI is InChI=1S/C12H10O/c1-2-4-9(5-3-1)10-6-7-11-12(8-10)13-11/h1-8,11-12H. The SMILES string of the molecule is C1=CC2OC2C=C1c1ccccc1. The lowest BCUT2D eigenvalue weighted by molar-refractivity contribution is 0.414. The Morgan fingerprint density at radius 3 is 2.62 bits per heavy atom. The molecule has 0 bridgehead atoms. The molecule has 1 heteroatoms. The van der Waals surface area contributed by atoms with Gasteiger partial charge in [-0.05, 0) is 17.2 Å². The van der Waals surface area contributed by atoms with Gasteiger partial charge >= 0.3 is 0 Å². The Morgan fingerprint density at radius 1 is 1.00 bits per heavy atom. The van der Waals surface area contributed by atoms with Crippen molar-refractivity contribution >= 4 is 5.57 Å². The average Bonchev–Trinajstić information content (AvgIpc) is 2.96. The number of fused-ring (bicyclic) bond motifs is 1. The molecule has 1 nitrogen and oxygen atoms in total. The van der Waals surface area contributed by atoms with Crippen molar-refractivity contribution in [3.05, 3.63) is 54.1 Å². The highest BCUT2D eigenvalue weighted by Crippen LogP contribution is 2.33. The Balaban J connectivity index is 1.98. The van der Waals surface area contributed by atoms with Crippen molar-refractivity contribution in [1.82, 2.24) is 0 Å². The Hall–Kier alpha value is -1.34. The summed E-state index contributed by atoms with van der Waals surface area (Å²) < 4.78 is 5.37. The Labute approximate surface area is 77.3 Å². The van der Waals surface area contributed by atoms with Crippen molar-refractivity contribution in [2.75, 3.05) is 0 Å². The van der Waals surface area contributed by atoms with Gasteiger partial charge in [0.1, 0.15) is 12.2 Å². The third kappa shape index (κ3) is 1.21. The number of ether oxygens (including phenoxy) is 1. The van der Waals surface area contributed by atoms with Crippen LogP contribution < -0.4 is 0 Å². The molecule has 0 radical (unpaired) electrons. The Bertz CT molecular complexity index is 375. The lowest BCUT2D eigenvalue weighted by Gasteiger charge is -2.03. The first kappa shape index (κ1) is 7.10. The molecule has 0 N–H and O–H groups in total. The van der Waals surface area contributed by atoms with Crippen molar-refractivity contribution in [3.8, 4) is 0 Å². The van der Waals surface area contributed by atoms with Crippen LogP contribution >= 0.6 is 0 Å². The molecule has 2 atom stereocenters. The molecule has 2 aliphatic rings. The Kier molecular flexibility index (Phi) is 1.41. The topological polar surface area (TPSA) is 12.5 Å². The highest BCUT2D eigenvalue weighted by atomic mass is 16.6. The van der Waals surface area contributed by atoms with Crippen LogP contribution in [0.2, 0.25) is 0 Å². The van der Waals surface area contributed by atoms with Gasteiger partial charge in [-0.25, -0.2) is 0 Å². The van der Waals surface area contributed by atoms with E-state index in [9.17, 15) is 0 Å². The molecule has 1 saturated heterocycles. The lowest BCUT2D eigenvalue weighted by Crippen LogP contribution is -1.93. The molecule has 1 aliphatic heterocycles. The van der Waals surface area contributed by atoms with E-state index in [4.69, 9.17) is 4.74 Å². The predicted molar refractivity (Wildman–Crippen MR) is 52.2 cm³/mol. The van der Waals surface area contributed by atoms with Gasteiger partial charge in [0, 0.05) is 0 Å². The molecule has 1 aromatic rings. The molecule has 1 heterocycles. The van der Waals surface area contributed by atoms with Gasteiger partial charge in [-0.2, -0.15) is 0 Å². The van der Waals surface area contributed by atoms with Gasteiger partial charge in [-0.1, -0.05) is 42.5 Å². The van der Waals surface area contributed by atoms with Crippen molar-refractivity contribution in [2.24, 2.45) is 0 Å². The zero-order valence-electron chi connectivity index (χ0n) is 7.18. The van der Waals surface area contributed by atoms with Gasteiger partial charge in [-0.3, -0.25) is 0 Å². The van der Waals surface area contributed by atoms with E-state index < -0.39 is 0 Å². The summed E-state index contributed by atoms with van der Waals surface area (Å²) in [4.78, 5) is 0. The molecule has 1 aliphatic carbocycles. The highest BCUT2D eigenvalue weighted by Gasteiger charge is 2.36. The summed E-state index contributed by atoms with van der Waals surface area (Å²) in [6.45, 7) is 0. The third-order valence-electron chi connectivity index (χ3n) is 2.48. The number of hydrogen-bond acceptors (Lipinski definition) is 1. The van der Waals surface area contributed by atoms with Crippen LogP contribution in [0.5, 0.6) is 0 Å². The molecule has 0 aromatic heterocycles. The van der Waals surface area contributed by atoms with E-state index in [0.717, 1.165) is 0 Å². The second-order valence-electron chi connectivity index (χ2n) is 3.41. The molecule has 0 saturated carbocycles. The molecule has 1 fully saturated rings. The van der Waals surface area contributed by atoms with E-state index in [1.165, 1.54) is 11.1 Å². The van der Waals surface area contributed by atoms with Gasteiger partial charge in [0.15, 0.2) is 0 Å². The summed E-state index contributed by atoms with van der Waals surface area (Å²) in [5.74, 6) is 0. The van der Waals surface area contributed by atoms with Gasteiger partial charge in [0.25, 0.3) is 0 Å². The van der Waals surface area contributed by atoms with E-state index in [1.54, 1.807) is 0 Å². The van der Waals surface area contributed by atoms with Crippen molar-refractivity contribution in [2.45, 2.75) is 12.2 Å². The molecular weight excluding hydrogens is 160 g/mol. The highest BCUT2D eigenvalue weighted by molar-refractivity contribution is 5.76. The first-order valence-corrected chi connectivity index (χ1v) is 4.54. The van der Waals surface area contributed by atoms with Gasteiger partial charge in [-0.15, -0.1) is 0 Å². The first-order valence-electron chi connectivity index (χ1n) is 4.54. The van der Waals surface area contributed by atoms with E-state index in [0.29, 0.717) is 12.2 Å². The molecule has 2 unspecified atom stereocenters. The average molecular weight is 170 g/mol. The maximum absolute atomic E-state index is 5.37. The third-order valence-corrected chi connectivity index (χ3v) is 2.48. The van der Waals surface area contributed by atoms with Gasteiger partial charge in [0.05, 0.1) is 0 Å². The molecule has 1 aromatic carbocycles. The number of epoxide rings is 1. The van der Waals surface area contributed by atoms with Crippen LogP contribution in [0, 0.1) is 0 Å². The fourth-order valence-corrected chi connectivity index (χ4v) is 1.68. The first-order chi connectivity index (χ1) is 6.43. The predicted octanol–water partition coefficient (Wildman–Crippen LogP) is 2.41. The minimum absolute atomic E-state index is 0.347. The van der Waals surface area contributed by atoms with Crippen LogP contribution in [0.4, 0.5) is 0 Å². The van der Waals surface area contributed by atoms with Crippen LogP contribution in [-0.4, -0.2) is 12.2 Å². The quantitative estimate of drug-likeness (QED) is 0.589. The van der Waals surface area contributed by atoms with Crippen LogP contribution in [0.15, 0.2) is 48.6 Å². The summed E-state index contributed by atoms with van der Waals surface area (Å²) in [5, 5.41) is 0. The molecule has 13 heavy (non-hydrogen) atoms. The van der Waals surface area contributed by atoms with Crippen LogP contribution in [0.1, 0.15) is 5.56 Å². The zero-order chi connectivity index (χ0) is 8.67. The summed E-state index contributed by atoms with van der Waals surface area (Å²) in [7, 11) is 0. The number of benzene rings is 1. The molecule has 0 amide bonds. The summed E-state index contributed by atoms with van der Waals surface area (Å²) in [5.41, 5.74) is 2.55.